The zero-order chi connectivity index (χ0) is 18.3. The molecule has 0 spiro atoms. The topological polar surface area (TPSA) is 76.9 Å². The summed E-state index contributed by atoms with van der Waals surface area (Å²) in [5, 5.41) is 14.4. The molecule has 5 nitrogen and oxygen atoms in total. The molecule has 0 saturated heterocycles. The molecule has 0 saturated carbocycles. The number of halogens is 1. The summed E-state index contributed by atoms with van der Waals surface area (Å²) in [4.78, 5) is 0. The van der Waals surface area contributed by atoms with Gasteiger partial charge >= 0.3 is 0 Å². The second kappa shape index (κ2) is 6.36. The first-order valence-corrected chi connectivity index (χ1v) is 8.88. The maximum Gasteiger partial charge on any atom is 0.229 e. The number of nitrogens with two attached hydrogens (primary N) is 1. The van der Waals surface area contributed by atoms with Gasteiger partial charge in [0, 0.05) is 4.47 Å². The van der Waals surface area contributed by atoms with Gasteiger partial charge in [0.05, 0.1) is 22.9 Å². The minimum Gasteiger partial charge on any atom is -0.422 e. The molecule has 1 aliphatic heterocycles. The second-order valence-corrected chi connectivity index (χ2v) is 6.85. The number of aryl methyl sites for hydroxylation is 1. The van der Waals surface area contributed by atoms with Gasteiger partial charge in [-0.1, -0.05) is 52.3 Å². The monoisotopic (exact) mass is 406 g/mol. The van der Waals surface area contributed by atoms with E-state index in [-0.39, 0.29) is 11.8 Å². The number of nitrogens with zero attached hydrogens (tertiary/aromatic N) is 3. The number of nitriles is 1. The fraction of sp³-hybridized carbons (Fsp3) is 0.100. The molecule has 2 N–H and O–H groups in total. The van der Waals surface area contributed by atoms with E-state index in [2.05, 4.69) is 27.1 Å². The molecule has 0 amide bonds. The van der Waals surface area contributed by atoms with Crippen LogP contribution >= 0.6 is 15.9 Å². The van der Waals surface area contributed by atoms with Gasteiger partial charge in [0.25, 0.3) is 0 Å². The fourth-order valence-electron chi connectivity index (χ4n) is 3.28. The van der Waals surface area contributed by atoms with E-state index < -0.39 is 0 Å². The van der Waals surface area contributed by atoms with Crippen LogP contribution in [0.4, 0.5) is 0 Å². The fourth-order valence-corrected chi connectivity index (χ4v) is 3.79. The minimum absolute atomic E-state index is 0.109. The van der Waals surface area contributed by atoms with Crippen LogP contribution in [-0.2, 0) is 0 Å². The summed E-state index contributed by atoms with van der Waals surface area (Å²) in [6.07, 6.45) is 0. The zero-order valence-corrected chi connectivity index (χ0v) is 15.6. The van der Waals surface area contributed by atoms with Crippen molar-refractivity contribution in [3.63, 3.8) is 0 Å². The highest BCUT2D eigenvalue weighted by molar-refractivity contribution is 9.10. The third-order valence-electron chi connectivity index (χ3n) is 4.45. The first-order chi connectivity index (χ1) is 12.6. The quantitative estimate of drug-likeness (QED) is 0.692. The van der Waals surface area contributed by atoms with E-state index in [1.165, 1.54) is 0 Å². The Morgan fingerprint density at radius 2 is 1.85 bits per heavy atom. The van der Waals surface area contributed by atoms with Crippen LogP contribution in [0.1, 0.15) is 22.7 Å². The lowest BCUT2D eigenvalue weighted by Gasteiger charge is -2.25. The lowest BCUT2D eigenvalue weighted by Crippen LogP contribution is -2.22. The molecule has 2 aromatic carbocycles. The molecule has 128 valence electrons. The van der Waals surface area contributed by atoms with Crippen molar-refractivity contribution in [2.45, 2.75) is 12.8 Å². The van der Waals surface area contributed by atoms with E-state index in [1.54, 1.807) is 4.68 Å². The minimum atomic E-state index is -0.336. The molecule has 1 aromatic heterocycles. The summed E-state index contributed by atoms with van der Waals surface area (Å²) >= 11 is 3.60. The predicted molar refractivity (Wildman–Crippen MR) is 102 cm³/mol. The summed E-state index contributed by atoms with van der Waals surface area (Å²) in [7, 11) is 0. The van der Waals surface area contributed by atoms with E-state index in [9.17, 15) is 5.26 Å². The molecule has 1 aliphatic rings. The van der Waals surface area contributed by atoms with Crippen LogP contribution in [0, 0.1) is 18.3 Å². The highest BCUT2D eigenvalue weighted by Crippen LogP contribution is 2.46. The van der Waals surface area contributed by atoms with E-state index in [1.807, 2.05) is 61.5 Å². The van der Waals surface area contributed by atoms with Crippen LogP contribution in [-0.4, -0.2) is 9.78 Å². The SMILES string of the molecule is Cc1nn(-c2ccccc2)c2c1[C@@H](c1ccccc1Br)C(C#N)=C(N)O2. The van der Waals surface area contributed by atoms with Crippen LogP contribution in [0.25, 0.3) is 5.69 Å². The number of benzene rings is 2. The molecule has 0 unspecified atom stereocenters. The van der Waals surface area contributed by atoms with E-state index in [0.717, 1.165) is 27.0 Å². The van der Waals surface area contributed by atoms with Crippen LogP contribution in [0.2, 0.25) is 0 Å². The van der Waals surface area contributed by atoms with Crippen LogP contribution in [0.3, 0.4) is 0 Å². The average Bonchev–Trinajstić information content (AvgIpc) is 2.98. The molecule has 2 heterocycles. The second-order valence-electron chi connectivity index (χ2n) is 6.00. The van der Waals surface area contributed by atoms with E-state index in [0.29, 0.717) is 11.5 Å². The van der Waals surface area contributed by atoms with Crippen molar-refractivity contribution in [1.29, 1.82) is 5.26 Å². The maximum atomic E-state index is 9.71. The summed E-state index contributed by atoms with van der Waals surface area (Å²) in [6, 6.07) is 19.7. The number of hydrogen-bond acceptors (Lipinski definition) is 4. The summed E-state index contributed by atoms with van der Waals surface area (Å²) in [5.41, 5.74) is 9.98. The molecule has 0 radical (unpaired) electrons. The molecule has 1 atom stereocenters. The van der Waals surface area contributed by atoms with Gasteiger partial charge in [-0.15, -0.1) is 0 Å². The Morgan fingerprint density at radius 1 is 1.15 bits per heavy atom. The van der Waals surface area contributed by atoms with Crippen molar-refractivity contribution < 1.29 is 4.74 Å². The summed E-state index contributed by atoms with van der Waals surface area (Å²) < 4.78 is 8.49. The Labute approximate surface area is 159 Å². The van der Waals surface area contributed by atoms with Crippen molar-refractivity contribution in [2.24, 2.45) is 5.73 Å². The number of allylic oxidation sites excluding steroid dienone is 1. The van der Waals surface area contributed by atoms with Crippen LogP contribution < -0.4 is 10.5 Å². The van der Waals surface area contributed by atoms with Crippen molar-refractivity contribution in [3.05, 3.63) is 87.3 Å². The van der Waals surface area contributed by atoms with Gasteiger partial charge in [-0.25, -0.2) is 4.68 Å². The van der Waals surface area contributed by atoms with Gasteiger partial charge in [-0.05, 0) is 30.7 Å². The van der Waals surface area contributed by atoms with Gasteiger partial charge in [0.2, 0.25) is 11.8 Å². The lowest BCUT2D eigenvalue weighted by molar-refractivity contribution is 0.367. The molecule has 3 aromatic rings. The van der Waals surface area contributed by atoms with Crippen LogP contribution in [0.15, 0.2) is 70.5 Å². The third-order valence-corrected chi connectivity index (χ3v) is 5.17. The summed E-state index contributed by atoms with van der Waals surface area (Å²) in [5.74, 6) is 0.320. The Balaban J connectivity index is 1.99. The standard InChI is InChI=1S/C20H15BrN4O/c1-12-17-18(14-9-5-6-10-16(14)21)15(11-22)19(23)26-20(17)25(24-12)13-7-3-2-4-8-13/h2-10,18H,23H2,1H3/t18-/m0/s1. The number of aromatic nitrogens is 2. The number of hydrogen-bond donors (Lipinski definition) is 1. The molecule has 4 rings (SSSR count). The highest BCUT2D eigenvalue weighted by Gasteiger charge is 2.36. The number of ether oxygens (including phenoxy) is 1. The van der Waals surface area contributed by atoms with Gasteiger partial charge < -0.3 is 10.5 Å². The summed E-state index contributed by atoms with van der Waals surface area (Å²) in [6.45, 7) is 1.92. The number of rotatable bonds is 2. The van der Waals surface area contributed by atoms with Gasteiger partial charge in [0.1, 0.15) is 11.6 Å². The van der Waals surface area contributed by atoms with Crippen molar-refractivity contribution in [1.82, 2.24) is 9.78 Å². The smallest absolute Gasteiger partial charge is 0.229 e. The third kappa shape index (κ3) is 2.49. The van der Waals surface area contributed by atoms with E-state index in [4.69, 9.17) is 10.5 Å². The molecule has 6 heteroatoms. The Hall–Kier alpha value is -3.04. The largest absolute Gasteiger partial charge is 0.422 e. The molecule has 0 bridgehead atoms. The van der Waals surface area contributed by atoms with Crippen molar-refractivity contribution in [3.8, 4) is 17.6 Å². The first kappa shape index (κ1) is 16.4. The molecule has 0 aliphatic carbocycles. The van der Waals surface area contributed by atoms with Gasteiger partial charge in [0.15, 0.2) is 0 Å². The van der Waals surface area contributed by atoms with E-state index >= 15 is 0 Å². The number of fused-ring (bicyclic) bond motifs is 1. The predicted octanol–water partition coefficient (Wildman–Crippen LogP) is 4.16. The Morgan fingerprint density at radius 3 is 2.54 bits per heavy atom. The lowest BCUT2D eigenvalue weighted by atomic mass is 9.84. The maximum absolute atomic E-state index is 9.71. The normalized spacial score (nSPS) is 16.0. The Kier molecular flexibility index (Phi) is 4.02. The number of para-hydroxylation sites is 1. The van der Waals surface area contributed by atoms with Gasteiger partial charge in [-0.3, -0.25) is 0 Å². The average molecular weight is 407 g/mol. The highest BCUT2D eigenvalue weighted by atomic mass is 79.9. The van der Waals surface area contributed by atoms with Crippen LogP contribution in [0.5, 0.6) is 5.88 Å². The zero-order valence-electron chi connectivity index (χ0n) is 14.0. The molecular weight excluding hydrogens is 392 g/mol. The van der Waals surface area contributed by atoms with Gasteiger partial charge in [-0.2, -0.15) is 10.4 Å². The molecular formula is C20H15BrN4O. The molecule has 0 fully saturated rings. The van der Waals surface area contributed by atoms with Crippen molar-refractivity contribution in [2.75, 3.05) is 0 Å². The Bertz CT molecular complexity index is 1060. The van der Waals surface area contributed by atoms with Crippen molar-refractivity contribution >= 4 is 15.9 Å². The first-order valence-electron chi connectivity index (χ1n) is 8.08. The molecule has 26 heavy (non-hydrogen) atoms.